The molecule has 3 aliphatic rings. The minimum absolute atomic E-state index is 0.00810. The van der Waals surface area contributed by atoms with E-state index in [-0.39, 0.29) is 5.41 Å². The minimum atomic E-state index is -0.610. The van der Waals surface area contributed by atoms with Crippen LogP contribution in [0.5, 0.6) is 0 Å². The Morgan fingerprint density at radius 3 is 2.81 bits per heavy atom. The zero-order chi connectivity index (χ0) is 11.6. The lowest BCUT2D eigenvalue weighted by atomic mass is 9.64. The lowest BCUT2D eigenvalue weighted by molar-refractivity contribution is -0.131. The van der Waals surface area contributed by atoms with Crippen LogP contribution in [0.15, 0.2) is 0 Å². The van der Waals surface area contributed by atoms with Crippen LogP contribution in [-0.2, 0) is 4.79 Å². The molecule has 0 saturated heterocycles. The Labute approximate surface area is 97.4 Å². The molecule has 0 aromatic rings. The van der Waals surface area contributed by atoms with Crippen molar-refractivity contribution in [2.24, 2.45) is 16.7 Å². The highest BCUT2D eigenvalue weighted by molar-refractivity contribution is 5.90. The van der Waals surface area contributed by atoms with Crippen LogP contribution < -0.4 is 0 Å². The molecule has 3 saturated carbocycles. The molecule has 2 heteroatoms. The van der Waals surface area contributed by atoms with Crippen molar-refractivity contribution in [3.05, 3.63) is 0 Å². The summed E-state index contributed by atoms with van der Waals surface area (Å²) in [6.45, 7) is 3.80. The Balaban J connectivity index is 1.86. The average molecular weight is 222 g/mol. The molecule has 16 heavy (non-hydrogen) atoms. The van der Waals surface area contributed by atoms with E-state index in [0.717, 1.165) is 32.1 Å². The van der Waals surface area contributed by atoms with Gasteiger partial charge in [-0.2, -0.15) is 0 Å². The third-order valence-electron chi connectivity index (χ3n) is 5.69. The molecule has 0 amide bonds. The smallest absolute Gasteiger partial charge is 0.139 e. The first-order valence-corrected chi connectivity index (χ1v) is 6.65. The Morgan fingerprint density at radius 1 is 1.38 bits per heavy atom. The highest BCUT2D eigenvalue weighted by Crippen LogP contribution is 2.77. The first-order valence-electron chi connectivity index (χ1n) is 6.65. The molecular formula is C14H22O2. The second-order valence-corrected chi connectivity index (χ2v) is 6.91. The summed E-state index contributed by atoms with van der Waals surface area (Å²) in [4.78, 5) is 12.2. The van der Waals surface area contributed by atoms with Gasteiger partial charge in [-0.1, -0.05) is 0 Å². The van der Waals surface area contributed by atoms with E-state index in [4.69, 9.17) is 0 Å². The van der Waals surface area contributed by atoms with Gasteiger partial charge < -0.3 is 5.11 Å². The molecule has 0 heterocycles. The molecule has 3 atom stereocenters. The molecule has 0 aromatic carbocycles. The third kappa shape index (κ3) is 1.20. The maximum absolute atomic E-state index is 12.2. The molecule has 3 aliphatic carbocycles. The summed E-state index contributed by atoms with van der Waals surface area (Å²) in [5.41, 5.74) is -0.223. The highest BCUT2D eigenvalue weighted by atomic mass is 16.3. The minimum Gasteiger partial charge on any atom is -0.390 e. The van der Waals surface area contributed by atoms with Crippen molar-refractivity contribution >= 4 is 5.78 Å². The number of ketones is 1. The number of carbonyl (C=O) groups excluding carboxylic acids is 1. The van der Waals surface area contributed by atoms with Crippen molar-refractivity contribution < 1.29 is 9.90 Å². The molecular weight excluding hydrogens is 200 g/mol. The number of hydrogen-bond donors (Lipinski definition) is 1. The number of carbonyl (C=O) groups is 1. The van der Waals surface area contributed by atoms with E-state index in [9.17, 15) is 9.90 Å². The normalized spacial score (nSPS) is 47.2. The zero-order valence-electron chi connectivity index (χ0n) is 10.4. The van der Waals surface area contributed by atoms with Crippen LogP contribution in [0.4, 0.5) is 0 Å². The van der Waals surface area contributed by atoms with Gasteiger partial charge in [-0.15, -0.1) is 0 Å². The topological polar surface area (TPSA) is 37.3 Å². The fraction of sp³-hybridized carbons (Fsp3) is 0.929. The van der Waals surface area contributed by atoms with Crippen molar-refractivity contribution in [3.63, 3.8) is 0 Å². The zero-order valence-corrected chi connectivity index (χ0v) is 10.4. The molecule has 0 spiro atoms. The Morgan fingerprint density at radius 2 is 2.12 bits per heavy atom. The molecule has 90 valence electrons. The first-order chi connectivity index (χ1) is 7.40. The molecule has 0 aromatic heterocycles. The van der Waals surface area contributed by atoms with Crippen LogP contribution in [0, 0.1) is 16.7 Å². The average Bonchev–Trinajstić information content (AvgIpc) is 2.86. The molecule has 1 unspecified atom stereocenters. The summed E-state index contributed by atoms with van der Waals surface area (Å²) in [7, 11) is 0. The van der Waals surface area contributed by atoms with Gasteiger partial charge in [-0.25, -0.2) is 0 Å². The maximum atomic E-state index is 12.2. The van der Waals surface area contributed by atoms with E-state index in [1.165, 1.54) is 12.8 Å². The number of Topliss-reactive ketones (excluding diaryl/α,β-unsaturated/α-hetero) is 1. The molecule has 1 N–H and O–H groups in total. The lowest BCUT2D eigenvalue weighted by Crippen LogP contribution is -2.41. The number of aliphatic hydroxyl groups is 1. The predicted octanol–water partition coefficient (Wildman–Crippen LogP) is 2.69. The summed E-state index contributed by atoms with van der Waals surface area (Å²) in [6.07, 6.45) is 7.53. The summed E-state index contributed by atoms with van der Waals surface area (Å²) in [5, 5.41) is 10.1. The van der Waals surface area contributed by atoms with Gasteiger partial charge in [0.2, 0.25) is 0 Å². The highest BCUT2D eigenvalue weighted by Gasteiger charge is 2.73. The van der Waals surface area contributed by atoms with E-state index in [1.807, 2.05) is 13.8 Å². The van der Waals surface area contributed by atoms with Crippen molar-refractivity contribution in [1.29, 1.82) is 0 Å². The van der Waals surface area contributed by atoms with Crippen LogP contribution >= 0.6 is 0 Å². The van der Waals surface area contributed by atoms with Gasteiger partial charge in [-0.3, -0.25) is 4.79 Å². The van der Waals surface area contributed by atoms with Gasteiger partial charge in [0.15, 0.2) is 0 Å². The Bertz CT molecular complexity index is 341. The third-order valence-corrected chi connectivity index (χ3v) is 5.69. The lowest BCUT2D eigenvalue weighted by Gasteiger charge is -2.41. The molecule has 3 rings (SSSR count). The first kappa shape index (κ1) is 10.8. The van der Waals surface area contributed by atoms with Crippen LogP contribution in [0.25, 0.3) is 0 Å². The molecule has 3 fully saturated rings. The van der Waals surface area contributed by atoms with Gasteiger partial charge in [0.05, 0.1) is 5.60 Å². The second-order valence-electron chi connectivity index (χ2n) is 6.91. The monoisotopic (exact) mass is 222 g/mol. The van der Waals surface area contributed by atoms with E-state index in [0.29, 0.717) is 17.1 Å². The fourth-order valence-corrected chi connectivity index (χ4v) is 4.51. The van der Waals surface area contributed by atoms with Crippen LogP contribution in [0.1, 0.15) is 58.8 Å². The van der Waals surface area contributed by atoms with E-state index in [2.05, 4.69) is 0 Å². The fourth-order valence-electron chi connectivity index (χ4n) is 4.51. The van der Waals surface area contributed by atoms with Crippen LogP contribution in [0.3, 0.4) is 0 Å². The molecule has 0 bridgehead atoms. The SMILES string of the molecule is CC(C)(O)[C@H]1CC[C@@]23CCCC(=O)C2(C1)C3. The molecule has 0 radical (unpaired) electrons. The van der Waals surface area contributed by atoms with E-state index in [1.54, 1.807) is 0 Å². The Hall–Kier alpha value is -0.370. The summed E-state index contributed by atoms with van der Waals surface area (Å²) in [6, 6.07) is 0. The van der Waals surface area contributed by atoms with Crippen LogP contribution in [0.2, 0.25) is 0 Å². The van der Waals surface area contributed by atoms with Crippen molar-refractivity contribution in [2.45, 2.75) is 64.4 Å². The predicted molar refractivity (Wildman–Crippen MR) is 62.0 cm³/mol. The number of hydrogen-bond acceptors (Lipinski definition) is 2. The van der Waals surface area contributed by atoms with Gasteiger partial charge in [0, 0.05) is 11.8 Å². The van der Waals surface area contributed by atoms with Crippen molar-refractivity contribution in [3.8, 4) is 0 Å². The quantitative estimate of drug-likeness (QED) is 0.740. The van der Waals surface area contributed by atoms with Gasteiger partial charge in [0.1, 0.15) is 5.78 Å². The second kappa shape index (κ2) is 2.90. The molecule has 0 aliphatic heterocycles. The largest absolute Gasteiger partial charge is 0.390 e. The number of rotatable bonds is 1. The standard InChI is InChI=1S/C14H22O2/c1-12(2,16)10-5-7-13-6-3-4-11(15)14(13,8-10)9-13/h10,16H,3-9H2,1-2H3/t10-,13+,14?/m0/s1. The van der Waals surface area contributed by atoms with Crippen molar-refractivity contribution in [1.82, 2.24) is 0 Å². The van der Waals surface area contributed by atoms with E-state index >= 15 is 0 Å². The van der Waals surface area contributed by atoms with Crippen molar-refractivity contribution in [2.75, 3.05) is 0 Å². The molecule has 2 nitrogen and oxygen atoms in total. The van der Waals surface area contributed by atoms with Gasteiger partial charge in [-0.05, 0) is 63.7 Å². The van der Waals surface area contributed by atoms with Gasteiger partial charge in [0.25, 0.3) is 0 Å². The van der Waals surface area contributed by atoms with E-state index < -0.39 is 5.60 Å². The summed E-state index contributed by atoms with van der Waals surface area (Å²) >= 11 is 0. The summed E-state index contributed by atoms with van der Waals surface area (Å²) < 4.78 is 0. The van der Waals surface area contributed by atoms with Gasteiger partial charge >= 0.3 is 0 Å². The van der Waals surface area contributed by atoms with Crippen LogP contribution in [-0.4, -0.2) is 16.5 Å². The Kier molecular flexibility index (Phi) is 1.95. The summed E-state index contributed by atoms with van der Waals surface area (Å²) in [5.74, 6) is 0.831. The maximum Gasteiger partial charge on any atom is 0.139 e.